The molecule has 1 heterocycles. The van der Waals surface area contributed by atoms with Gasteiger partial charge in [-0.05, 0) is 36.5 Å². The summed E-state index contributed by atoms with van der Waals surface area (Å²) in [5.74, 6) is -0.682. The molecule has 0 bridgehead atoms. The standard InChI is InChI=1S/C15H12N4O5S/c20-13(7-6-12-5-2-8-24-12)16-15(25)18-17-14(21)10-3-1-4-11(9-10)19(22)23/h1-9H,(H,17,21)(H2,16,18,20,25)/b7-6+. The maximum atomic E-state index is 11.9. The van der Waals surface area contributed by atoms with Crippen LogP contribution in [-0.4, -0.2) is 21.9 Å². The monoisotopic (exact) mass is 360 g/mol. The zero-order valence-electron chi connectivity index (χ0n) is 12.6. The Bertz CT molecular complexity index is 832. The average Bonchev–Trinajstić information content (AvgIpc) is 3.11. The highest BCUT2D eigenvalue weighted by Gasteiger charge is 2.11. The summed E-state index contributed by atoms with van der Waals surface area (Å²) in [5.41, 5.74) is 4.40. The van der Waals surface area contributed by atoms with E-state index < -0.39 is 16.7 Å². The van der Waals surface area contributed by atoms with E-state index in [9.17, 15) is 19.7 Å². The number of furan rings is 1. The second-order valence-electron chi connectivity index (χ2n) is 4.55. The van der Waals surface area contributed by atoms with E-state index in [0.29, 0.717) is 5.76 Å². The Kier molecular flexibility index (Phi) is 5.96. The zero-order valence-corrected chi connectivity index (χ0v) is 13.4. The van der Waals surface area contributed by atoms with Crippen LogP contribution in [0.25, 0.3) is 6.08 Å². The summed E-state index contributed by atoms with van der Waals surface area (Å²) in [5, 5.41) is 12.9. The van der Waals surface area contributed by atoms with Crippen LogP contribution in [0.15, 0.2) is 53.2 Å². The van der Waals surface area contributed by atoms with Crippen LogP contribution in [0, 0.1) is 10.1 Å². The van der Waals surface area contributed by atoms with Crippen LogP contribution in [0.2, 0.25) is 0 Å². The lowest BCUT2D eigenvalue weighted by Gasteiger charge is -2.09. The van der Waals surface area contributed by atoms with Gasteiger partial charge in [0, 0.05) is 23.8 Å². The smallest absolute Gasteiger partial charge is 0.270 e. The van der Waals surface area contributed by atoms with Gasteiger partial charge in [-0.25, -0.2) is 0 Å². The largest absolute Gasteiger partial charge is 0.465 e. The van der Waals surface area contributed by atoms with Gasteiger partial charge in [-0.1, -0.05) is 6.07 Å². The summed E-state index contributed by atoms with van der Waals surface area (Å²) < 4.78 is 5.02. The molecule has 0 saturated carbocycles. The molecule has 0 unspecified atom stereocenters. The third kappa shape index (κ3) is 5.55. The van der Waals surface area contributed by atoms with Gasteiger partial charge in [-0.15, -0.1) is 0 Å². The van der Waals surface area contributed by atoms with E-state index in [-0.39, 0.29) is 16.4 Å². The Morgan fingerprint density at radius 3 is 2.68 bits per heavy atom. The SMILES string of the molecule is O=C(/C=C/c1ccco1)NC(=S)NNC(=O)c1cccc([N+](=O)[O-])c1. The molecule has 0 atom stereocenters. The molecule has 0 saturated heterocycles. The van der Waals surface area contributed by atoms with Crippen LogP contribution in [-0.2, 0) is 4.79 Å². The van der Waals surface area contributed by atoms with Gasteiger partial charge in [0.25, 0.3) is 11.6 Å². The number of nitro benzene ring substituents is 1. The molecule has 0 fully saturated rings. The highest BCUT2D eigenvalue weighted by Crippen LogP contribution is 2.12. The molecule has 2 aromatic rings. The highest BCUT2D eigenvalue weighted by molar-refractivity contribution is 7.80. The van der Waals surface area contributed by atoms with Crippen LogP contribution in [0.5, 0.6) is 0 Å². The highest BCUT2D eigenvalue weighted by atomic mass is 32.1. The van der Waals surface area contributed by atoms with E-state index in [4.69, 9.17) is 16.6 Å². The average molecular weight is 360 g/mol. The number of thiocarbonyl (C=S) groups is 1. The Labute approximate surface area is 146 Å². The van der Waals surface area contributed by atoms with Gasteiger partial charge in [0.1, 0.15) is 5.76 Å². The van der Waals surface area contributed by atoms with Gasteiger partial charge in [0.05, 0.1) is 11.2 Å². The first kappa shape index (κ1) is 17.8. The number of carbonyl (C=O) groups excluding carboxylic acids is 2. The Hall–Kier alpha value is -3.53. The molecule has 10 heteroatoms. The van der Waals surface area contributed by atoms with E-state index in [2.05, 4.69) is 16.2 Å². The number of carbonyl (C=O) groups is 2. The molecule has 0 radical (unpaired) electrons. The summed E-state index contributed by atoms with van der Waals surface area (Å²) in [7, 11) is 0. The van der Waals surface area contributed by atoms with Gasteiger partial charge in [0.2, 0.25) is 5.91 Å². The second-order valence-corrected chi connectivity index (χ2v) is 4.96. The van der Waals surface area contributed by atoms with Crippen molar-refractivity contribution in [3.05, 3.63) is 70.2 Å². The lowest BCUT2D eigenvalue weighted by molar-refractivity contribution is -0.384. The Balaban J connectivity index is 1.83. The van der Waals surface area contributed by atoms with E-state index in [1.807, 2.05) is 0 Å². The number of hydrogen-bond acceptors (Lipinski definition) is 6. The zero-order chi connectivity index (χ0) is 18.2. The Morgan fingerprint density at radius 1 is 1.20 bits per heavy atom. The first-order valence-electron chi connectivity index (χ1n) is 6.83. The summed E-state index contributed by atoms with van der Waals surface area (Å²) in [6, 6.07) is 8.50. The predicted molar refractivity (Wildman–Crippen MR) is 92.2 cm³/mol. The molecule has 2 rings (SSSR count). The van der Waals surface area contributed by atoms with Crippen molar-refractivity contribution >= 4 is 40.9 Å². The second kappa shape index (κ2) is 8.36. The number of rotatable bonds is 4. The molecule has 0 spiro atoms. The van der Waals surface area contributed by atoms with E-state index in [1.165, 1.54) is 36.6 Å². The molecule has 0 aliphatic carbocycles. The number of nitrogens with zero attached hydrogens (tertiary/aromatic N) is 1. The van der Waals surface area contributed by atoms with Crippen molar-refractivity contribution in [3.8, 4) is 0 Å². The van der Waals surface area contributed by atoms with Crippen molar-refractivity contribution in [2.75, 3.05) is 0 Å². The molecule has 1 aromatic carbocycles. The number of amides is 2. The van der Waals surface area contributed by atoms with Crippen molar-refractivity contribution in [1.29, 1.82) is 0 Å². The molecular weight excluding hydrogens is 348 g/mol. The molecule has 0 aliphatic rings. The van der Waals surface area contributed by atoms with Gasteiger partial charge >= 0.3 is 0 Å². The molecule has 128 valence electrons. The van der Waals surface area contributed by atoms with Crippen molar-refractivity contribution < 1.29 is 18.9 Å². The van der Waals surface area contributed by atoms with Crippen LogP contribution >= 0.6 is 12.2 Å². The molecule has 1 aromatic heterocycles. The molecule has 9 nitrogen and oxygen atoms in total. The maximum absolute atomic E-state index is 11.9. The van der Waals surface area contributed by atoms with E-state index in [1.54, 1.807) is 12.1 Å². The first-order valence-corrected chi connectivity index (χ1v) is 7.24. The van der Waals surface area contributed by atoms with Crippen LogP contribution in [0.3, 0.4) is 0 Å². The minimum absolute atomic E-state index is 0.0635. The molecule has 0 aliphatic heterocycles. The third-order valence-corrected chi connectivity index (χ3v) is 2.99. The molecule has 2 amide bonds. The van der Waals surface area contributed by atoms with E-state index in [0.717, 1.165) is 6.07 Å². The van der Waals surface area contributed by atoms with E-state index >= 15 is 0 Å². The summed E-state index contributed by atoms with van der Waals surface area (Å²) in [6.45, 7) is 0. The van der Waals surface area contributed by atoms with Crippen LogP contribution in [0.4, 0.5) is 5.69 Å². The van der Waals surface area contributed by atoms with Crippen molar-refractivity contribution in [2.45, 2.75) is 0 Å². The fourth-order valence-corrected chi connectivity index (χ4v) is 1.83. The fourth-order valence-electron chi connectivity index (χ4n) is 1.68. The minimum Gasteiger partial charge on any atom is -0.465 e. The third-order valence-electron chi connectivity index (χ3n) is 2.79. The van der Waals surface area contributed by atoms with Crippen molar-refractivity contribution in [1.82, 2.24) is 16.2 Å². The molecule has 3 N–H and O–H groups in total. The van der Waals surface area contributed by atoms with Gasteiger partial charge in [0.15, 0.2) is 5.11 Å². The van der Waals surface area contributed by atoms with Crippen LogP contribution < -0.4 is 16.2 Å². The lowest BCUT2D eigenvalue weighted by atomic mass is 10.2. The van der Waals surface area contributed by atoms with Crippen molar-refractivity contribution in [3.63, 3.8) is 0 Å². The number of hydrogen-bond donors (Lipinski definition) is 3. The van der Waals surface area contributed by atoms with Gasteiger partial charge in [-0.2, -0.15) is 0 Å². The molecule has 25 heavy (non-hydrogen) atoms. The minimum atomic E-state index is -0.647. The number of nitro groups is 1. The number of hydrazine groups is 1. The summed E-state index contributed by atoms with van der Waals surface area (Å²) in [6.07, 6.45) is 4.11. The topological polar surface area (TPSA) is 127 Å². The Morgan fingerprint density at radius 2 is 2.00 bits per heavy atom. The van der Waals surface area contributed by atoms with Gasteiger partial charge < -0.3 is 4.42 Å². The number of non-ortho nitro benzene ring substituents is 1. The van der Waals surface area contributed by atoms with Gasteiger partial charge in [-0.3, -0.25) is 35.9 Å². The lowest BCUT2D eigenvalue weighted by Crippen LogP contribution is -2.48. The normalized spacial score (nSPS) is 10.2. The quantitative estimate of drug-likeness (QED) is 0.327. The number of nitrogens with one attached hydrogen (secondary N) is 3. The first-order chi connectivity index (χ1) is 12.0. The summed E-state index contributed by atoms with van der Waals surface area (Å²) >= 11 is 4.86. The fraction of sp³-hybridized carbons (Fsp3) is 0. The maximum Gasteiger partial charge on any atom is 0.270 e. The van der Waals surface area contributed by atoms with Crippen LogP contribution in [0.1, 0.15) is 16.1 Å². The summed E-state index contributed by atoms with van der Waals surface area (Å²) in [4.78, 5) is 33.6. The number of benzene rings is 1. The predicted octanol–water partition coefficient (Wildman–Crippen LogP) is 1.54. The van der Waals surface area contributed by atoms with Crippen molar-refractivity contribution in [2.24, 2.45) is 0 Å². The molecular formula is C15H12N4O5S.